The molecule has 0 aliphatic carbocycles. The van der Waals surface area contributed by atoms with Gasteiger partial charge in [0.1, 0.15) is 12.3 Å². The number of tetrazole rings is 1. The number of hydrogen-bond acceptors (Lipinski definition) is 13. The van der Waals surface area contributed by atoms with E-state index in [-0.39, 0.29) is 53.2 Å². The van der Waals surface area contributed by atoms with Crippen LogP contribution in [0.25, 0.3) is 22.9 Å². The van der Waals surface area contributed by atoms with Crippen LogP contribution >= 0.6 is 0 Å². The molecule has 222 valence electrons. The van der Waals surface area contributed by atoms with Crippen LogP contribution < -0.4 is 18.9 Å². The van der Waals surface area contributed by atoms with Crippen LogP contribution in [0.5, 0.6) is 23.1 Å². The highest BCUT2D eigenvalue weighted by Gasteiger charge is 2.26. The summed E-state index contributed by atoms with van der Waals surface area (Å²) in [5.74, 6) is 0.537. The van der Waals surface area contributed by atoms with Crippen LogP contribution in [0.1, 0.15) is 25.3 Å². The van der Waals surface area contributed by atoms with Gasteiger partial charge >= 0.3 is 0 Å². The molecular formula is C27H27N9O6S. The van der Waals surface area contributed by atoms with Gasteiger partial charge in [0.2, 0.25) is 5.75 Å². The zero-order valence-electron chi connectivity index (χ0n) is 23.3. The SMILES string of the molecule is COc1ccccc1Oc1c(NS(=O)(=O)c2ccc(C(C)C)cn2)nc(-c2ccnc(-c3nnn[nH]3)c2)nc1OCCO. The molecule has 0 bridgehead atoms. The molecule has 0 spiro atoms. The van der Waals surface area contributed by atoms with Crippen molar-refractivity contribution in [1.82, 2.24) is 40.6 Å². The summed E-state index contributed by atoms with van der Waals surface area (Å²) in [6.07, 6.45) is 3.00. The summed E-state index contributed by atoms with van der Waals surface area (Å²) in [6, 6.07) is 13.1. The van der Waals surface area contributed by atoms with Crippen molar-refractivity contribution in [1.29, 1.82) is 0 Å². The summed E-state index contributed by atoms with van der Waals surface area (Å²) in [5, 5.41) is 22.9. The third kappa shape index (κ3) is 6.65. The van der Waals surface area contributed by atoms with Gasteiger partial charge in [-0.25, -0.2) is 15.1 Å². The minimum absolute atomic E-state index is 0.0530. The largest absolute Gasteiger partial charge is 0.493 e. The number of aliphatic hydroxyl groups is 1. The first kappa shape index (κ1) is 29.3. The number of methoxy groups -OCH3 is 1. The van der Waals surface area contributed by atoms with Gasteiger partial charge in [0.25, 0.3) is 15.9 Å². The molecule has 0 atom stereocenters. The third-order valence-corrected chi connectivity index (χ3v) is 7.24. The molecule has 1 aromatic carbocycles. The van der Waals surface area contributed by atoms with Crippen molar-refractivity contribution in [3.63, 3.8) is 0 Å². The summed E-state index contributed by atoms with van der Waals surface area (Å²) in [5.41, 5.74) is 1.69. The number of anilines is 1. The Morgan fingerprint density at radius 3 is 2.53 bits per heavy atom. The number of H-pyrrole nitrogens is 1. The fraction of sp³-hybridized carbons (Fsp3) is 0.222. The summed E-state index contributed by atoms with van der Waals surface area (Å²) in [7, 11) is -2.81. The Labute approximate surface area is 246 Å². The van der Waals surface area contributed by atoms with Crippen LogP contribution in [0.2, 0.25) is 0 Å². The first-order chi connectivity index (χ1) is 20.8. The minimum Gasteiger partial charge on any atom is -0.493 e. The van der Waals surface area contributed by atoms with E-state index in [4.69, 9.17) is 14.2 Å². The minimum atomic E-state index is -4.28. The Hall–Kier alpha value is -5.22. The van der Waals surface area contributed by atoms with Gasteiger partial charge in [-0.1, -0.05) is 32.0 Å². The second-order valence-electron chi connectivity index (χ2n) is 9.22. The van der Waals surface area contributed by atoms with Crippen molar-refractivity contribution in [2.45, 2.75) is 24.8 Å². The fourth-order valence-electron chi connectivity index (χ4n) is 3.81. The maximum atomic E-state index is 13.6. The molecule has 0 aliphatic heterocycles. The Morgan fingerprint density at radius 1 is 1.05 bits per heavy atom. The van der Waals surface area contributed by atoms with E-state index in [9.17, 15) is 13.5 Å². The molecule has 15 nitrogen and oxygen atoms in total. The van der Waals surface area contributed by atoms with Gasteiger partial charge in [-0.2, -0.15) is 13.4 Å². The molecule has 0 amide bonds. The Balaban J connectivity index is 1.65. The molecule has 5 aromatic rings. The number of aromatic nitrogens is 8. The van der Waals surface area contributed by atoms with Gasteiger partial charge in [0, 0.05) is 18.0 Å². The normalized spacial score (nSPS) is 11.4. The standard InChI is InChI=1S/C27H27N9O6S/c1-16(2)18-8-9-22(29-15-18)43(38,39)34-26-23(42-21-7-5-4-6-20(21)40-3)27(41-13-12-37)31-24(30-26)17-10-11-28-19(14-17)25-32-35-36-33-25/h4-11,14-16,37H,12-13H2,1-3H3,(H,30,31,34)(H,32,33,35,36). The second-order valence-corrected chi connectivity index (χ2v) is 10.9. The van der Waals surface area contributed by atoms with Crippen LogP contribution in [0.4, 0.5) is 5.82 Å². The lowest BCUT2D eigenvalue weighted by molar-refractivity contribution is 0.192. The van der Waals surface area contributed by atoms with E-state index in [2.05, 4.69) is 45.3 Å². The fourth-order valence-corrected chi connectivity index (χ4v) is 4.75. The second kappa shape index (κ2) is 12.7. The number of para-hydroxylation sites is 2. The molecule has 5 rings (SSSR count). The average molecular weight is 606 g/mol. The number of ether oxygens (including phenoxy) is 3. The number of aliphatic hydroxyl groups excluding tert-OH is 1. The molecule has 4 heterocycles. The lowest BCUT2D eigenvalue weighted by Crippen LogP contribution is -2.17. The molecule has 43 heavy (non-hydrogen) atoms. The van der Waals surface area contributed by atoms with Gasteiger partial charge in [-0.3, -0.25) is 9.71 Å². The molecule has 16 heteroatoms. The van der Waals surface area contributed by atoms with E-state index >= 15 is 0 Å². The van der Waals surface area contributed by atoms with Crippen molar-refractivity contribution in [3.05, 3.63) is 66.5 Å². The third-order valence-electron chi connectivity index (χ3n) is 5.98. The van der Waals surface area contributed by atoms with Crippen LogP contribution in [0.15, 0.2) is 66.0 Å². The molecule has 0 aliphatic rings. The van der Waals surface area contributed by atoms with Crippen LogP contribution in [0, 0.1) is 0 Å². The Morgan fingerprint density at radius 2 is 1.86 bits per heavy atom. The van der Waals surface area contributed by atoms with Gasteiger partial charge in [0.05, 0.1) is 13.7 Å². The van der Waals surface area contributed by atoms with E-state index < -0.39 is 10.0 Å². The van der Waals surface area contributed by atoms with Crippen LogP contribution in [-0.2, 0) is 10.0 Å². The molecule has 0 saturated carbocycles. The van der Waals surface area contributed by atoms with Crippen molar-refractivity contribution < 1.29 is 27.7 Å². The molecular weight excluding hydrogens is 578 g/mol. The molecule has 0 radical (unpaired) electrons. The molecule has 3 N–H and O–H groups in total. The average Bonchev–Trinajstić information content (AvgIpc) is 3.57. The van der Waals surface area contributed by atoms with Gasteiger partial charge < -0.3 is 19.3 Å². The predicted molar refractivity (Wildman–Crippen MR) is 153 cm³/mol. The number of pyridine rings is 2. The van der Waals surface area contributed by atoms with Gasteiger partial charge in [-0.15, -0.1) is 5.10 Å². The van der Waals surface area contributed by atoms with Gasteiger partial charge in [0.15, 0.2) is 34.0 Å². The zero-order chi connectivity index (χ0) is 30.4. The Bertz CT molecular complexity index is 1800. The van der Waals surface area contributed by atoms with Crippen molar-refractivity contribution in [2.75, 3.05) is 25.0 Å². The number of hydrogen-bond donors (Lipinski definition) is 3. The number of aromatic amines is 1. The van der Waals surface area contributed by atoms with E-state index in [1.807, 2.05) is 13.8 Å². The van der Waals surface area contributed by atoms with Crippen molar-refractivity contribution in [2.24, 2.45) is 0 Å². The highest BCUT2D eigenvalue weighted by Crippen LogP contribution is 2.41. The maximum absolute atomic E-state index is 13.6. The van der Waals surface area contributed by atoms with E-state index in [0.717, 1.165) is 5.56 Å². The Kier molecular flexibility index (Phi) is 8.68. The number of nitrogens with zero attached hydrogens (tertiary/aromatic N) is 7. The topological polar surface area (TPSA) is 200 Å². The summed E-state index contributed by atoms with van der Waals surface area (Å²) < 4.78 is 46.8. The smallest absolute Gasteiger partial charge is 0.280 e. The van der Waals surface area contributed by atoms with E-state index in [1.165, 1.54) is 25.6 Å². The first-order valence-electron chi connectivity index (χ1n) is 12.9. The lowest BCUT2D eigenvalue weighted by atomic mass is 10.1. The monoisotopic (exact) mass is 605 g/mol. The number of sulfonamides is 1. The van der Waals surface area contributed by atoms with Crippen LogP contribution in [-0.4, -0.2) is 74.4 Å². The number of benzene rings is 1. The van der Waals surface area contributed by atoms with Crippen LogP contribution in [0.3, 0.4) is 0 Å². The summed E-state index contributed by atoms with van der Waals surface area (Å²) in [6.45, 7) is 3.43. The number of nitrogens with one attached hydrogen (secondary N) is 2. The molecule has 4 aromatic heterocycles. The predicted octanol–water partition coefficient (Wildman–Crippen LogP) is 3.21. The lowest BCUT2D eigenvalue weighted by Gasteiger charge is -2.18. The summed E-state index contributed by atoms with van der Waals surface area (Å²) >= 11 is 0. The molecule has 0 saturated heterocycles. The van der Waals surface area contributed by atoms with E-state index in [0.29, 0.717) is 22.8 Å². The van der Waals surface area contributed by atoms with E-state index in [1.54, 1.807) is 42.5 Å². The van der Waals surface area contributed by atoms with Crippen molar-refractivity contribution >= 4 is 15.8 Å². The number of rotatable bonds is 12. The quantitative estimate of drug-likeness (QED) is 0.187. The highest BCUT2D eigenvalue weighted by atomic mass is 32.2. The zero-order valence-corrected chi connectivity index (χ0v) is 24.1. The maximum Gasteiger partial charge on any atom is 0.280 e. The first-order valence-corrected chi connectivity index (χ1v) is 14.4. The van der Waals surface area contributed by atoms with Gasteiger partial charge in [-0.05, 0) is 52.2 Å². The van der Waals surface area contributed by atoms with Crippen molar-refractivity contribution in [3.8, 4) is 46.0 Å². The highest BCUT2D eigenvalue weighted by molar-refractivity contribution is 7.92. The summed E-state index contributed by atoms with van der Waals surface area (Å²) in [4.78, 5) is 17.4. The molecule has 0 unspecified atom stereocenters. The molecule has 0 fully saturated rings.